The van der Waals surface area contributed by atoms with Crippen LogP contribution in [-0.2, 0) is 4.79 Å². The molecule has 0 aromatic carbocycles. The fourth-order valence-electron chi connectivity index (χ4n) is 2.33. The van der Waals surface area contributed by atoms with Gasteiger partial charge in [0.25, 0.3) is 0 Å². The second kappa shape index (κ2) is 10.7. The normalized spacial score (nSPS) is 22.6. The lowest BCUT2D eigenvalue weighted by atomic mass is 10.0. The van der Waals surface area contributed by atoms with Crippen LogP contribution in [0.15, 0.2) is 0 Å². The maximum atomic E-state index is 11.8. The number of hydrogen-bond donors (Lipinski definition) is 2. The van der Waals surface area contributed by atoms with E-state index in [9.17, 15) is 4.79 Å². The van der Waals surface area contributed by atoms with E-state index in [4.69, 9.17) is 5.73 Å². The van der Waals surface area contributed by atoms with Gasteiger partial charge in [0.15, 0.2) is 0 Å². The molecule has 0 aliphatic carbocycles. The molecule has 116 valence electrons. The Morgan fingerprint density at radius 2 is 2.00 bits per heavy atom. The summed E-state index contributed by atoms with van der Waals surface area (Å²) in [5.74, 6) is -0.0182. The Kier molecular flexibility index (Phi) is 12.0. The molecule has 1 heterocycles. The molecule has 0 spiro atoms. The Morgan fingerprint density at radius 3 is 2.53 bits per heavy atom. The first-order valence-electron chi connectivity index (χ1n) is 6.83. The second-order valence-corrected chi connectivity index (χ2v) is 5.17. The second-order valence-electron chi connectivity index (χ2n) is 5.17. The highest BCUT2D eigenvalue weighted by Crippen LogP contribution is 2.15. The topological polar surface area (TPSA) is 58.4 Å². The van der Waals surface area contributed by atoms with Crippen LogP contribution in [0.5, 0.6) is 0 Å². The lowest BCUT2D eigenvalue weighted by molar-refractivity contribution is -0.125. The van der Waals surface area contributed by atoms with Crippen molar-refractivity contribution in [1.82, 2.24) is 10.2 Å². The van der Waals surface area contributed by atoms with Gasteiger partial charge in [0.05, 0.1) is 0 Å². The third kappa shape index (κ3) is 6.80. The van der Waals surface area contributed by atoms with E-state index in [0.29, 0.717) is 6.04 Å². The third-order valence-corrected chi connectivity index (χ3v) is 3.87. The number of piperidine rings is 1. The van der Waals surface area contributed by atoms with Crippen LogP contribution in [-0.4, -0.2) is 42.5 Å². The molecule has 0 saturated carbocycles. The summed E-state index contributed by atoms with van der Waals surface area (Å²) in [4.78, 5) is 14.3. The molecule has 3 atom stereocenters. The van der Waals surface area contributed by atoms with Crippen LogP contribution in [0.1, 0.15) is 40.0 Å². The van der Waals surface area contributed by atoms with E-state index >= 15 is 0 Å². The minimum Gasteiger partial charge on any atom is -0.354 e. The zero-order valence-electron chi connectivity index (χ0n) is 12.2. The predicted octanol–water partition coefficient (Wildman–Crippen LogP) is 1.80. The number of amides is 1. The van der Waals surface area contributed by atoms with Crippen LogP contribution in [0.2, 0.25) is 0 Å². The van der Waals surface area contributed by atoms with E-state index < -0.39 is 0 Å². The molecule has 6 heteroatoms. The van der Waals surface area contributed by atoms with Crippen LogP contribution < -0.4 is 11.1 Å². The zero-order chi connectivity index (χ0) is 12.8. The van der Waals surface area contributed by atoms with Crippen molar-refractivity contribution in [1.29, 1.82) is 0 Å². The van der Waals surface area contributed by atoms with E-state index in [1.807, 2.05) is 13.8 Å². The van der Waals surface area contributed by atoms with Crippen LogP contribution in [0.4, 0.5) is 0 Å². The maximum Gasteiger partial charge on any atom is 0.224 e. The largest absolute Gasteiger partial charge is 0.354 e. The molecular formula is C13H29Cl2N3O. The fraction of sp³-hybridized carbons (Fsp3) is 0.923. The molecule has 1 saturated heterocycles. The summed E-state index contributed by atoms with van der Waals surface area (Å²) in [5, 5.41) is 3.04. The maximum absolute atomic E-state index is 11.8. The average molecular weight is 314 g/mol. The van der Waals surface area contributed by atoms with E-state index in [-0.39, 0.29) is 42.7 Å². The number of halogens is 2. The van der Waals surface area contributed by atoms with Gasteiger partial charge < -0.3 is 11.1 Å². The summed E-state index contributed by atoms with van der Waals surface area (Å²) < 4.78 is 0. The Hall–Kier alpha value is -0.0300. The molecule has 0 aromatic heterocycles. The van der Waals surface area contributed by atoms with Gasteiger partial charge in [-0.15, -0.1) is 24.8 Å². The minimum atomic E-state index is -0.103. The number of nitrogens with zero attached hydrogens (tertiary/aromatic N) is 1. The predicted molar refractivity (Wildman–Crippen MR) is 85.2 cm³/mol. The minimum absolute atomic E-state index is 0. The standard InChI is InChI=1S/C13H27N3O.2ClH/c1-4-16-8-6-5-7-12(16)9-15-13(17)10(2)11(3)14;;/h10-12H,4-9,14H2,1-3H3,(H,15,17);2*1H. The highest BCUT2D eigenvalue weighted by Gasteiger charge is 2.23. The molecule has 1 rings (SSSR count). The van der Waals surface area contributed by atoms with Crippen LogP contribution in [0, 0.1) is 5.92 Å². The Labute approximate surface area is 129 Å². The molecule has 0 aromatic rings. The summed E-state index contributed by atoms with van der Waals surface area (Å²) in [6, 6.07) is 0.432. The van der Waals surface area contributed by atoms with E-state index in [1.165, 1.54) is 25.8 Å². The number of likely N-dealkylation sites (N-methyl/N-ethyl adjacent to an activating group) is 1. The summed E-state index contributed by atoms with van der Waals surface area (Å²) in [7, 11) is 0. The van der Waals surface area contributed by atoms with Crippen molar-refractivity contribution in [2.24, 2.45) is 11.7 Å². The number of nitrogens with two attached hydrogens (primary N) is 1. The van der Waals surface area contributed by atoms with Gasteiger partial charge in [-0.05, 0) is 32.9 Å². The van der Waals surface area contributed by atoms with Crippen LogP contribution >= 0.6 is 24.8 Å². The zero-order valence-corrected chi connectivity index (χ0v) is 13.9. The quantitative estimate of drug-likeness (QED) is 0.813. The third-order valence-electron chi connectivity index (χ3n) is 3.87. The molecule has 1 aliphatic heterocycles. The summed E-state index contributed by atoms with van der Waals surface area (Å²) in [6.07, 6.45) is 3.76. The number of rotatable bonds is 5. The van der Waals surface area contributed by atoms with Gasteiger partial charge in [-0.1, -0.05) is 20.3 Å². The van der Waals surface area contributed by atoms with Crippen molar-refractivity contribution in [2.75, 3.05) is 19.6 Å². The first-order valence-corrected chi connectivity index (χ1v) is 6.83. The average Bonchev–Trinajstić information content (AvgIpc) is 2.35. The molecular weight excluding hydrogens is 285 g/mol. The number of nitrogens with one attached hydrogen (secondary N) is 1. The lowest BCUT2D eigenvalue weighted by Gasteiger charge is -2.35. The summed E-state index contributed by atoms with van der Waals surface area (Å²) in [5.41, 5.74) is 5.73. The Bertz CT molecular complexity index is 252. The number of carbonyl (C=O) groups is 1. The van der Waals surface area contributed by atoms with E-state index in [2.05, 4.69) is 17.1 Å². The lowest BCUT2D eigenvalue weighted by Crippen LogP contribution is -2.48. The van der Waals surface area contributed by atoms with Crippen LogP contribution in [0.3, 0.4) is 0 Å². The van der Waals surface area contributed by atoms with Crippen molar-refractivity contribution in [3.63, 3.8) is 0 Å². The summed E-state index contributed by atoms with van der Waals surface area (Å²) >= 11 is 0. The van der Waals surface area contributed by atoms with Crippen molar-refractivity contribution >= 4 is 30.7 Å². The molecule has 3 N–H and O–H groups in total. The van der Waals surface area contributed by atoms with Gasteiger partial charge in [0.2, 0.25) is 5.91 Å². The van der Waals surface area contributed by atoms with Gasteiger partial charge in [0.1, 0.15) is 0 Å². The van der Waals surface area contributed by atoms with E-state index in [1.54, 1.807) is 0 Å². The van der Waals surface area contributed by atoms with Gasteiger partial charge in [-0.3, -0.25) is 9.69 Å². The molecule has 0 bridgehead atoms. The molecule has 3 unspecified atom stereocenters. The highest BCUT2D eigenvalue weighted by atomic mass is 35.5. The van der Waals surface area contributed by atoms with Gasteiger partial charge in [0, 0.05) is 24.5 Å². The Morgan fingerprint density at radius 1 is 1.37 bits per heavy atom. The molecule has 1 fully saturated rings. The fourth-order valence-corrected chi connectivity index (χ4v) is 2.33. The molecule has 0 radical (unpaired) electrons. The van der Waals surface area contributed by atoms with Gasteiger partial charge in [-0.25, -0.2) is 0 Å². The molecule has 1 aliphatic rings. The first kappa shape index (κ1) is 21.3. The van der Waals surface area contributed by atoms with Gasteiger partial charge in [-0.2, -0.15) is 0 Å². The number of likely N-dealkylation sites (tertiary alicyclic amines) is 1. The summed E-state index contributed by atoms with van der Waals surface area (Å²) in [6.45, 7) is 8.96. The monoisotopic (exact) mass is 313 g/mol. The van der Waals surface area contributed by atoms with Gasteiger partial charge >= 0.3 is 0 Å². The van der Waals surface area contributed by atoms with Crippen molar-refractivity contribution in [3.8, 4) is 0 Å². The molecule has 4 nitrogen and oxygen atoms in total. The van der Waals surface area contributed by atoms with Crippen molar-refractivity contribution < 1.29 is 4.79 Å². The molecule has 1 amide bonds. The highest BCUT2D eigenvalue weighted by molar-refractivity contribution is 5.85. The molecule has 19 heavy (non-hydrogen) atoms. The van der Waals surface area contributed by atoms with Crippen molar-refractivity contribution in [3.05, 3.63) is 0 Å². The number of hydrogen-bond acceptors (Lipinski definition) is 3. The van der Waals surface area contributed by atoms with Crippen molar-refractivity contribution in [2.45, 2.75) is 52.1 Å². The number of carbonyl (C=O) groups excluding carboxylic acids is 1. The van der Waals surface area contributed by atoms with Crippen LogP contribution in [0.25, 0.3) is 0 Å². The van der Waals surface area contributed by atoms with E-state index in [0.717, 1.165) is 13.1 Å². The first-order chi connectivity index (χ1) is 8.06. The smallest absolute Gasteiger partial charge is 0.224 e. The SMILES string of the molecule is CCN1CCCCC1CNC(=O)C(C)C(C)N.Cl.Cl. The Balaban J connectivity index is 0.